The van der Waals surface area contributed by atoms with Crippen molar-refractivity contribution in [3.05, 3.63) is 47.7 Å². The molecule has 8 heteroatoms. The van der Waals surface area contributed by atoms with E-state index in [4.69, 9.17) is 4.42 Å². The van der Waals surface area contributed by atoms with Crippen molar-refractivity contribution in [1.29, 1.82) is 0 Å². The summed E-state index contributed by atoms with van der Waals surface area (Å²) in [5.74, 6) is 0.443. The molecule has 1 atom stereocenters. The smallest absolute Gasteiger partial charge is 0.419 e. The van der Waals surface area contributed by atoms with Crippen molar-refractivity contribution in [2.75, 3.05) is 19.6 Å². The summed E-state index contributed by atoms with van der Waals surface area (Å²) in [5.41, 5.74) is -0.259. The summed E-state index contributed by atoms with van der Waals surface area (Å²) in [6.07, 6.45) is -1.45. The molecule has 3 saturated heterocycles. The molecule has 27 heavy (non-hydrogen) atoms. The standard InChI is InChI=1S/C19H19F3N2O2S/c20-19(21,22)14-9-17(26-11-14)27-15-3-1-13(2-4-15)18(25)23-16-10-24-7-5-12(16)6-8-24/h1-4,9,11-12,16H,5-8,10H2,(H,23,25)/t16-/m0/s1. The number of hydrogen-bond donors (Lipinski definition) is 1. The van der Waals surface area contributed by atoms with Gasteiger partial charge in [0.25, 0.3) is 5.91 Å². The van der Waals surface area contributed by atoms with Crippen molar-refractivity contribution in [3.63, 3.8) is 0 Å². The van der Waals surface area contributed by atoms with Gasteiger partial charge in [0, 0.05) is 29.1 Å². The van der Waals surface area contributed by atoms with Crippen LogP contribution in [0, 0.1) is 5.92 Å². The zero-order valence-corrected chi connectivity index (χ0v) is 15.3. The number of nitrogens with one attached hydrogen (secondary N) is 1. The monoisotopic (exact) mass is 396 g/mol. The number of nitrogens with zero attached hydrogens (tertiary/aromatic N) is 1. The van der Waals surface area contributed by atoms with Crippen molar-refractivity contribution in [1.82, 2.24) is 10.2 Å². The van der Waals surface area contributed by atoms with Gasteiger partial charge in [-0.15, -0.1) is 0 Å². The van der Waals surface area contributed by atoms with Crippen LogP contribution in [0.25, 0.3) is 0 Å². The number of piperidine rings is 3. The molecule has 1 aromatic carbocycles. The number of alkyl halides is 3. The number of furan rings is 1. The Bertz CT molecular complexity index is 811. The molecule has 0 spiro atoms. The van der Waals surface area contributed by atoms with Crippen molar-refractivity contribution >= 4 is 17.7 Å². The molecule has 4 heterocycles. The van der Waals surface area contributed by atoms with Crippen LogP contribution in [-0.2, 0) is 6.18 Å². The van der Waals surface area contributed by atoms with Crippen LogP contribution in [0.5, 0.6) is 0 Å². The molecule has 0 unspecified atom stereocenters. The molecule has 2 aromatic rings. The summed E-state index contributed by atoms with van der Waals surface area (Å²) >= 11 is 1.09. The second-order valence-corrected chi connectivity index (χ2v) is 8.07. The number of carbonyl (C=O) groups excluding carboxylic acids is 1. The van der Waals surface area contributed by atoms with E-state index in [1.165, 1.54) is 0 Å². The Kier molecular flexibility index (Phi) is 4.94. The minimum atomic E-state index is -4.42. The van der Waals surface area contributed by atoms with Crippen molar-refractivity contribution in [3.8, 4) is 0 Å². The summed E-state index contributed by atoms with van der Waals surface area (Å²) in [6, 6.07) is 7.97. The second-order valence-electron chi connectivity index (χ2n) is 7.00. The van der Waals surface area contributed by atoms with Crippen molar-refractivity contribution in [2.45, 2.75) is 35.0 Å². The number of carbonyl (C=O) groups is 1. The Hall–Kier alpha value is -1.93. The summed E-state index contributed by atoms with van der Waals surface area (Å²) in [6.45, 7) is 3.14. The van der Waals surface area contributed by atoms with E-state index in [0.717, 1.165) is 50.3 Å². The summed E-state index contributed by atoms with van der Waals surface area (Å²) < 4.78 is 42.8. The van der Waals surface area contributed by atoms with Gasteiger partial charge in [-0.1, -0.05) is 11.8 Å². The Labute approximate surface area is 159 Å². The molecule has 1 aromatic heterocycles. The zero-order valence-electron chi connectivity index (χ0n) is 14.5. The predicted octanol–water partition coefficient (Wildman–Crippen LogP) is 4.27. The molecule has 0 saturated carbocycles. The van der Waals surface area contributed by atoms with Gasteiger partial charge in [-0.3, -0.25) is 4.79 Å². The third kappa shape index (κ3) is 4.16. The summed E-state index contributed by atoms with van der Waals surface area (Å²) in [4.78, 5) is 15.6. The third-order valence-electron chi connectivity index (χ3n) is 5.21. The fourth-order valence-electron chi connectivity index (χ4n) is 3.69. The van der Waals surface area contributed by atoms with E-state index in [-0.39, 0.29) is 17.0 Å². The van der Waals surface area contributed by atoms with E-state index in [1.807, 2.05) is 0 Å². The number of rotatable bonds is 4. The molecule has 4 nitrogen and oxygen atoms in total. The highest BCUT2D eigenvalue weighted by Crippen LogP contribution is 2.36. The highest BCUT2D eigenvalue weighted by molar-refractivity contribution is 7.99. The molecule has 144 valence electrons. The van der Waals surface area contributed by atoms with Crippen LogP contribution in [0.4, 0.5) is 13.2 Å². The Balaban J connectivity index is 1.37. The van der Waals surface area contributed by atoms with Crippen LogP contribution >= 0.6 is 11.8 Å². The molecule has 1 N–H and O–H groups in total. The SMILES string of the molecule is O=C(N[C@H]1CN2CCC1CC2)c1ccc(Sc2cc(C(F)(F)F)co2)cc1. The Morgan fingerprint density at radius 1 is 1.19 bits per heavy atom. The zero-order chi connectivity index (χ0) is 19.0. The van der Waals surface area contributed by atoms with E-state index in [1.54, 1.807) is 24.3 Å². The van der Waals surface area contributed by atoms with E-state index in [9.17, 15) is 18.0 Å². The van der Waals surface area contributed by atoms with Gasteiger partial charge in [0.1, 0.15) is 6.26 Å². The first kappa shape index (κ1) is 18.4. The maximum absolute atomic E-state index is 12.6. The van der Waals surface area contributed by atoms with E-state index in [0.29, 0.717) is 22.6 Å². The van der Waals surface area contributed by atoms with E-state index in [2.05, 4.69) is 10.2 Å². The largest absolute Gasteiger partial charge is 0.457 e. The van der Waals surface area contributed by atoms with Crippen LogP contribution in [-0.4, -0.2) is 36.5 Å². The average molecular weight is 396 g/mol. The second kappa shape index (κ2) is 7.24. The predicted molar refractivity (Wildman–Crippen MR) is 94.7 cm³/mol. The topological polar surface area (TPSA) is 45.5 Å². The quantitative estimate of drug-likeness (QED) is 0.838. The van der Waals surface area contributed by atoms with Gasteiger partial charge < -0.3 is 14.6 Å². The molecule has 1 amide bonds. The summed E-state index contributed by atoms with van der Waals surface area (Å²) in [7, 11) is 0. The molecular weight excluding hydrogens is 377 g/mol. The minimum Gasteiger partial charge on any atom is -0.457 e. The van der Waals surface area contributed by atoms with Gasteiger partial charge in [-0.25, -0.2) is 0 Å². The van der Waals surface area contributed by atoms with Gasteiger partial charge >= 0.3 is 6.18 Å². The number of hydrogen-bond acceptors (Lipinski definition) is 4. The maximum atomic E-state index is 12.6. The van der Waals surface area contributed by atoms with Gasteiger partial charge in [0.05, 0.1) is 5.56 Å². The van der Waals surface area contributed by atoms with Crippen molar-refractivity contribution in [2.24, 2.45) is 5.92 Å². The van der Waals surface area contributed by atoms with Gasteiger partial charge in [-0.05, 0) is 56.1 Å². The molecule has 0 radical (unpaired) electrons. The minimum absolute atomic E-state index is 0.109. The van der Waals surface area contributed by atoms with Gasteiger partial charge in [0.15, 0.2) is 5.09 Å². The average Bonchev–Trinajstić information content (AvgIpc) is 3.12. The molecule has 2 bridgehead atoms. The lowest BCUT2D eigenvalue weighted by molar-refractivity contribution is -0.137. The molecule has 3 fully saturated rings. The lowest BCUT2D eigenvalue weighted by Gasteiger charge is -2.44. The normalized spacial score (nSPS) is 24.8. The highest BCUT2D eigenvalue weighted by atomic mass is 32.2. The first-order chi connectivity index (χ1) is 12.9. The van der Waals surface area contributed by atoms with E-state index >= 15 is 0 Å². The number of fused-ring (bicyclic) bond motifs is 3. The van der Waals surface area contributed by atoms with Crippen LogP contribution in [0.15, 0.2) is 51.0 Å². The van der Waals surface area contributed by atoms with Crippen molar-refractivity contribution < 1.29 is 22.4 Å². The number of amides is 1. The van der Waals surface area contributed by atoms with Crippen LogP contribution in [0.3, 0.4) is 0 Å². The third-order valence-corrected chi connectivity index (χ3v) is 6.13. The van der Waals surface area contributed by atoms with Crippen LogP contribution in [0.2, 0.25) is 0 Å². The Morgan fingerprint density at radius 3 is 2.44 bits per heavy atom. The lowest BCUT2D eigenvalue weighted by atomic mass is 9.84. The molecular formula is C19H19F3N2O2S. The fraction of sp³-hybridized carbons (Fsp3) is 0.421. The lowest BCUT2D eigenvalue weighted by Crippen LogP contribution is -2.57. The first-order valence-electron chi connectivity index (χ1n) is 8.85. The maximum Gasteiger partial charge on any atom is 0.419 e. The number of halogens is 3. The molecule has 3 aliphatic rings. The van der Waals surface area contributed by atoms with Crippen LogP contribution < -0.4 is 5.32 Å². The highest BCUT2D eigenvalue weighted by Gasteiger charge is 2.35. The van der Waals surface area contributed by atoms with E-state index < -0.39 is 11.7 Å². The van der Waals surface area contributed by atoms with Gasteiger partial charge in [-0.2, -0.15) is 13.2 Å². The Morgan fingerprint density at radius 2 is 1.89 bits per heavy atom. The van der Waals surface area contributed by atoms with Gasteiger partial charge in [0.2, 0.25) is 0 Å². The molecule has 3 aliphatic heterocycles. The molecule has 5 rings (SSSR count). The van der Waals surface area contributed by atoms with Crippen LogP contribution in [0.1, 0.15) is 28.8 Å². The fourth-order valence-corrected chi connectivity index (χ4v) is 4.48. The summed E-state index contributed by atoms with van der Waals surface area (Å²) in [5, 5.41) is 3.28. The number of benzene rings is 1. The first-order valence-corrected chi connectivity index (χ1v) is 9.67. The molecule has 0 aliphatic carbocycles.